The van der Waals surface area contributed by atoms with Crippen molar-refractivity contribution < 1.29 is 9.84 Å². The number of hydrogen-bond acceptors (Lipinski definition) is 4. The normalized spacial score (nSPS) is 11.6. The van der Waals surface area contributed by atoms with Gasteiger partial charge in [-0.1, -0.05) is 6.07 Å². The minimum Gasteiger partial charge on any atom is -0.492 e. The number of aliphatic hydroxyl groups excluding tert-OH is 1. The highest BCUT2D eigenvalue weighted by atomic mass is 16.5. The summed E-state index contributed by atoms with van der Waals surface area (Å²) in [4.78, 5) is 0. The van der Waals surface area contributed by atoms with Gasteiger partial charge in [0.15, 0.2) is 0 Å². The molecule has 0 fully saturated rings. The van der Waals surface area contributed by atoms with Crippen molar-refractivity contribution in [2.24, 2.45) is 0 Å². The molecule has 4 N–H and O–H groups in total. The summed E-state index contributed by atoms with van der Waals surface area (Å²) in [6.07, 6.45) is 1.97. The number of hydrogen-bond donors (Lipinski definition) is 3. The molecule has 0 atom stereocenters. The van der Waals surface area contributed by atoms with Gasteiger partial charge in [-0.3, -0.25) is 0 Å². The second-order valence-corrected chi connectivity index (χ2v) is 5.38. The van der Waals surface area contributed by atoms with Crippen molar-refractivity contribution in [1.29, 1.82) is 0 Å². The second-order valence-electron chi connectivity index (χ2n) is 5.38. The van der Waals surface area contributed by atoms with Crippen LogP contribution < -0.4 is 15.8 Å². The molecule has 0 saturated carbocycles. The van der Waals surface area contributed by atoms with E-state index in [9.17, 15) is 0 Å². The molecule has 1 aromatic carbocycles. The lowest BCUT2D eigenvalue weighted by molar-refractivity contribution is 0.188. The van der Waals surface area contributed by atoms with Gasteiger partial charge >= 0.3 is 0 Å². The van der Waals surface area contributed by atoms with Crippen molar-refractivity contribution in [3.05, 3.63) is 23.8 Å². The molecule has 0 radical (unpaired) electrons. The van der Waals surface area contributed by atoms with Crippen LogP contribution in [-0.4, -0.2) is 30.4 Å². The summed E-state index contributed by atoms with van der Waals surface area (Å²) in [5, 5.41) is 12.5. The Bertz CT molecular complexity index is 392. The zero-order valence-corrected chi connectivity index (χ0v) is 12.2. The van der Waals surface area contributed by atoms with Crippen LogP contribution in [0.25, 0.3) is 0 Å². The summed E-state index contributed by atoms with van der Waals surface area (Å²) in [7, 11) is 0. The van der Waals surface area contributed by atoms with Crippen molar-refractivity contribution in [1.82, 2.24) is 5.32 Å². The van der Waals surface area contributed by atoms with E-state index >= 15 is 0 Å². The highest BCUT2D eigenvalue weighted by Gasteiger charge is 2.14. The Morgan fingerprint density at radius 1 is 1.37 bits per heavy atom. The first-order valence-corrected chi connectivity index (χ1v) is 6.85. The molecule has 0 heterocycles. The molecule has 108 valence electrons. The number of aliphatic hydroxyl groups is 1. The zero-order chi connectivity index (χ0) is 14.3. The zero-order valence-electron chi connectivity index (χ0n) is 12.2. The third-order valence-electron chi connectivity index (χ3n) is 3.02. The minimum absolute atomic E-state index is 0.142. The first kappa shape index (κ1) is 15.8. The van der Waals surface area contributed by atoms with E-state index < -0.39 is 0 Å². The van der Waals surface area contributed by atoms with E-state index in [4.69, 9.17) is 15.6 Å². The Kier molecular flexibility index (Phi) is 6.12. The molecule has 0 bridgehead atoms. The maximum Gasteiger partial charge on any atom is 0.142 e. The molecule has 0 aliphatic rings. The number of aryl methyl sites for hydroxylation is 1. The topological polar surface area (TPSA) is 67.5 Å². The van der Waals surface area contributed by atoms with Gasteiger partial charge in [-0.25, -0.2) is 0 Å². The molecular weight excluding hydrogens is 240 g/mol. The fourth-order valence-electron chi connectivity index (χ4n) is 1.82. The first-order chi connectivity index (χ1) is 8.98. The van der Waals surface area contributed by atoms with E-state index in [1.54, 1.807) is 0 Å². The van der Waals surface area contributed by atoms with E-state index in [2.05, 4.69) is 11.4 Å². The molecule has 4 heteroatoms. The fraction of sp³-hybridized carbons (Fsp3) is 0.600. The number of rotatable bonds is 8. The average Bonchev–Trinajstić information content (AvgIpc) is 2.38. The monoisotopic (exact) mass is 266 g/mol. The van der Waals surface area contributed by atoms with Crippen LogP contribution in [0.2, 0.25) is 0 Å². The molecule has 0 aromatic heterocycles. The quantitative estimate of drug-likeness (QED) is 0.497. The van der Waals surface area contributed by atoms with E-state index in [-0.39, 0.29) is 12.1 Å². The fourth-order valence-corrected chi connectivity index (χ4v) is 1.82. The molecule has 0 aliphatic carbocycles. The lowest BCUT2D eigenvalue weighted by Gasteiger charge is -2.23. The number of nitrogens with two attached hydrogens (primary N) is 1. The van der Waals surface area contributed by atoms with Gasteiger partial charge in [0, 0.05) is 5.54 Å². The lowest BCUT2D eigenvalue weighted by Crippen LogP contribution is -2.43. The van der Waals surface area contributed by atoms with Gasteiger partial charge in [0.25, 0.3) is 0 Å². The van der Waals surface area contributed by atoms with Gasteiger partial charge < -0.3 is 20.9 Å². The molecule has 19 heavy (non-hydrogen) atoms. The molecule has 0 aliphatic heterocycles. The third kappa shape index (κ3) is 5.49. The molecular formula is C15H26N2O2. The van der Waals surface area contributed by atoms with Gasteiger partial charge in [-0.2, -0.15) is 0 Å². The Morgan fingerprint density at radius 3 is 2.68 bits per heavy atom. The van der Waals surface area contributed by atoms with Crippen LogP contribution in [0.4, 0.5) is 5.69 Å². The van der Waals surface area contributed by atoms with Crippen LogP contribution in [0.1, 0.15) is 32.8 Å². The SMILES string of the molecule is CCOc1ccc(CCCNC(C)(C)CO)cc1N. The van der Waals surface area contributed by atoms with Gasteiger partial charge in [0.2, 0.25) is 0 Å². The first-order valence-electron chi connectivity index (χ1n) is 6.85. The minimum atomic E-state index is -0.210. The summed E-state index contributed by atoms with van der Waals surface area (Å²) in [5.74, 6) is 0.755. The van der Waals surface area contributed by atoms with E-state index in [1.165, 1.54) is 5.56 Å². The van der Waals surface area contributed by atoms with Crippen LogP contribution >= 0.6 is 0 Å². The molecule has 0 amide bonds. The number of nitrogens with one attached hydrogen (secondary N) is 1. The van der Waals surface area contributed by atoms with E-state index in [0.717, 1.165) is 25.1 Å². The lowest BCUT2D eigenvalue weighted by atomic mass is 10.1. The summed E-state index contributed by atoms with van der Waals surface area (Å²) in [5.41, 5.74) is 7.63. The second kappa shape index (κ2) is 7.36. The molecule has 0 spiro atoms. The number of anilines is 1. The molecule has 1 aromatic rings. The molecule has 0 saturated heterocycles. The van der Waals surface area contributed by atoms with Gasteiger partial charge in [-0.15, -0.1) is 0 Å². The summed E-state index contributed by atoms with van der Waals surface area (Å²) >= 11 is 0. The van der Waals surface area contributed by atoms with Crippen molar-refractivity contribution in [2.75, 3.05) is 25.5 Å². The summed E-state index contributed by atoms with van der Waals surface area (Å²) in [6, 6.07) is 5.96. The number of nitrogen functional groups attached to an aromatic ring is 1. The van der Waals surface area contributed by atoms with Crippen LogP contribution in [0.3, 0.4) is 0 Å². The van der Waals surface area contributed by atoms with Crippen molar-refractivity contribution >= 4 is 5.69 Å². The Labute approximate surface area is 116 Å². The van der Waals surface area contributed by atoms with Crippen LogP contribution in [0.15, 0.2) is 18.2 Å². The molecule has 0 unspecified atom stereocenters. The van der Waals surface area contributed by atoms with Crippen molar-refractivity contribution in [3.8, 4) is 5.75 Å². The standard InChI is InChI=1S/C15H26N2O2/c1-4-19-14-8-7-12(10-13(14)16)6-5-9-17-15(2,3)11-18/h7-8,10,17-18H,4-6,9,11,16H2,1-3H3. The Hall–Kier alpha value is -1.26. The summed E-state index contributed by atoms with van der Waals surface area (Å²) in [6.45, 7) is 7.57. The summed E-state index contributed by atoms with van der Waals surface area (Å²) < 4.78 is 5.41. The van der Waals surface area contributed by atoms with E-state index in [0.29, 0.717) is 12.3 Å². The van der Waals surface area contributed by atoms with Gasteiger partial charge in [0.05, 0.1) is 18.9 Å². The van der Waals surface area contributed by atoms with Crippen LogP contribution in [0.5, 0.6) is 5.75 Å². The van der Waals surface area contributed by atoms with Crippen molar-refractivity contribution in [3.63, 3.8) is 0 Å². The maximum absolute atomic E-state index is 9.13. The number of ether oxygens (including phenoxy) is 1. The highest BCUT2D eigenvalue weighted by molar-refractivity contribution is 5.54. The van der Waals surface area contributed by atoms with Gasteiger partial charge in [0.1, 0.15) is 5.75 Å². The smallest absolute Gasteiger partial charge is 0.142 e. The van der Waals surface area contributed by atoms with Crippen LogP contribution in [-0.2, 0) is 6.42 Å². The highest BCUT2D eigenvalue weighted by Crippen LogP contribution is 2.23. The maximum atomic E-state index is 9.13. The Morgan fingerprint density at radius 2 is 2.11 bits per heavy atom. The number of benzene rings is 1. The van der Waals surface area contributed by atoms with Gasteiger partial charge in [-0.05, 0) is 57.9 Å². The Balaban J connectivity index is 2.40. The van der Waals surface area contributed by atoms with Crippen LogP contribution in [0, 0.1) is 0 Å². The predicted molar refractivity (Wildman–Crippen MR) is 79.5 cm³/mol. The molecule has 1 rings (SSSR count). The van der Waals surface area contributed by atoms with E-state index in [1.807, 2.05) is 32.9 Å². The molecule has 4 nitrogen and oxygen atoms in total. The van der Waals surface area contributed by atoms with Crippen molar-refractivity contribution in [2.45, 2.75) is 39.2 Å². The largest absolute Gasteiger partial charge is 0.492 e. The average molecular weight is 266 g/mol. The third-order valence-corrected chi connectivity index (χ3v) is 3.02. The predicted octanol–water partition coefficient (Wildman–Crippen LogP) is 1.96.